The Balaban J connectivity index is 4.44. The first-order valence-electron chi connectivity index (χ1n) is 6.07. The zero-order valence-electron chi connectivity index (χ0n) is 10.8. The largest absolute Gasteiger partial charge is 0.312 e. The molecular formula is C11H27N3Si. The fourth-order valence-electron chi connectivity index (χ4n) is 1.82. The molecule has 15 heavy (non-hydrogen) atoms. The van der Waals surface area contributed by atoms with E-state index in [0.29, 0.717) is 6.29 Å². The van der Waals surface area contributed by atoms with Crippen molar-refractivity contribution in [3.63, 3.8) is 0 Å². The van der Waals surface area contributed by atoms with Crippen LogP contribution in [0.15, 0.2) is 12.3 Å². The van der Waals surface area contributed by atoms with Crippen molar-refractivity contribution in [3.05, 3.63) is 12.3 Å². The van der Waals surface area contributed by atoms with E-state index in [1.807, 2.05) is 0 Å². The summed E-state index contributed by atoms with van der Waals surface area (Å²) in [4.78, 5) is 8.57. The molecular weight excluding hydrogens is 202 g/mol. The third-order valence-electron chi connectivity index (χ3n) is 2.76. The summed E-state index contributed by atoms with van der Waals surface area (Å²) in [5, 5.41) is 0. The first kappa shape index (κ1) is 14.8. The Morgan fingerprint density at radius 3 is 1.73 bits per heavy atom. The van der Waals surface area contributed by atoms with Crippen LogP contribution in [0.5, 0.6) is 0 Å². The molecule has 0 radical (unpaired) electrons. The van der Waals surface area contributed by atoms with Crippen molar-refractivity contribution in [1.29, 1.82) is 0 Å². The molecule has 0 aliphatic heterocycles. The van der Waals surface area contributed by atoms with Gasteiger partial charge in [0.25, 0.3) is 0 Å². The Morgan fingerprint density at radius 2 is 1.47 bits per heavy atom. The summed E-state index contributed by atoms with van der Waals surface area (Å²) in [7, 11) is -0.318. The topological polar surface area (TPSA) is 18.5 Å². The lowest BCUT2D eigenvalue weighted by Crippen LogP contribution is -2.57. The highest BCUT2D eigenvalue weighted by Gasteiger charge is 2.19. The summed E-state index contributed by atoms with van der Waals surface area (Å²) in [6.07, 6.45) is 0.402. The van der Waals surface area contributed by atoms with E-state index < -0.39 is 0 Å². The van der Waals surface area contributed by atoms with Crippen molar-refractivity contribution < 1.29 is 0 Å². The summed E-state index contributed by atoms with van der Waals surface area (Å²) in [6.45, 7) is 17.1. The van der Waals surface area contributed by atoms with Crippen LogP contribution in [0.2, 0.25) is 0 Å². The van der Waals surface area contributed by atoms with Gasteiger partial charge in [-0.2, -0.15) is 0 Å². The van der Waals surface area contributed by atoms with Gasteiger partial charge in [-0.1, -0.05) is 33.4 Å². The van der Waals surface area contributed by atoms with Gasteiger partial charge in [-0.25, -0.2) is 0 Å². The molecule has 0 heterocycles. The lowest BCUT2D eigenvalue weighted by Gasteiger charge is -2.38. The first-order chi connectivity index (χ1) is 7.24. The Bertz CT molecular complexity index is 144. The van der Waals surface area contributed by atoms with Gasteiger partial charge in [0, 0.05) is 0 Å². The van der Waals surface area contributed by atoms with Crippen LogP contribution in [0.25, 0.3) is 0 Å². The quantitative estimate of drug-likeness (QED) is 0.465. The monoisotopic (exact) mass is 229 g/mol. The van der Waals surface area contributed by atoms with E-state index in [1.54, 1.807) is 0 Å². The molecule has 0 aromatic carbocycles. The van der Waals surface area contributed by atoms with Crippen molar-refractivity contribution >= 4 is 9.68 Å². The van der Waals surface area contributed by atoms with Crippen LogP contribution in [0.1, 0.15) is 27.7 Å². The van der Waals surface area contributed by atoms with Crippen LogP contribution >= 0.6 is 0 Å². The summed E-state index contributed by atoms with van der Waals surface area (Å²) < 4.78 is 0. The van der Waals surface area contributed by atoms with Crippen LogP contribution in [-0.2, 0) is 0 Å². The molecule has 0 saturated heterocycles. The molecule has 0 aliphatic carbocycles. The van der Waals surface area contributed by atoms with Gasteiger partial charge < -0.3 is 4.98 Å². The number of hydrogen-bond donors (Lipinski definition) is 1. The van der Waals surface area contributed by atoms with E-state index in [1.165, 1.54) is 0 Å². The molecule has 0 amide bonds. The molecule has 0 aromatic heterocycles. The molecule has 0 unspecified atom stereocenters. The van der Waals surface area contributed by atoms with Crippen LogP contribution in [0, 0.1) is 0 Å². The SMILES string of the molecule is C=C[SiH2]NC(N(CC)CC)N(CC)CC. The second-order valence-electron chi connectivity index (χ2n) is 3.51. The molecule has 4 heteroatoms. The molecule has 0 aromatic rings. The molecule has 0 bridgehead atoms. The van der Waals surface area contributed by atoms with Gasteiger partial charge in [0.1, 0.15) is 16.0 Å². The fourth-order valence-corrected chi connectivity index (χ4v) is 2.71. The molecule has 0 saturated carbocycles. The maximum Gasteiger partial charge on any atom is 0.118 e. The van der Waals surface area contributed by atoms with E-state index in [0.717, 1.165) is 26.2 Å². The van der Waals surface area contributed by atoms with E-state index in [-0.39, 0.29) is 9.68 Å². The van der Waals surface area contributed by atoms with Gasteiger partial charge in [0.2, 0.25) is 0 Å². The van der Waals surface area contributed by atoms with E-state index in [2.05, 4.69) is 54.8 Å². The maximum absolute atomic E-state index is 3.82. The predicted octanol–water partition coefficient (Wildman–Crippen LogP) is 0.770. The molecule has 90 valence electrons. The average Bonchev–Trinajstić information content (AvgIpc) is 2.28. The molecule has 0 rings (SSSR count). The van der Waals surface area contributed by atoms with E-state index >= 15 is 0 Å². The van der Waals surface area contributed by atoms with E-state index in [4.69, 9.17) is 0 Å². The smallest absolute Gasteiger partial charge is 0.118 e. The number of nitrogens with zero attached hydrogens (tertiary/aromatic N) is 2. The standard InChI is InChI=1S/C11H27N3Si/c1-6-13(7-2)11(12-15-10-5)14(8-3)9-4/h10-12H,5-9,15H2,1-4H3. The number of rotatable bonds is 9. The van der Waals surface area contributed by atoms with Gasteiger partial charge in [0.15, 0.2) is 0 Å². The van der Waals surface area contributed by atoms with Gasteiger partial charge in [0.05, 0.1) is 0 Å². The van der Waals surface area contributed by atoms with Crippen molar-refractivity contribution in [2.45, 2.75) is 34.0 Å². The molecule has 3 nitrogen and oxygen atoms in total. The maximum atomic E-state index is 3.82. The third kappa shape index (κ3) is 4.93. The zero-order chi connectivity index (χ0) is 11.7. The van der Waals surface area contributed by atoms with Crippen molar-refractivity contribution in [1.82, 2.24) is 14.8 Å². The van der Waals surface area contributed by atoms with Crippen LogP contribution in [-0.4, -0.2) is 51.9 Å². The number of nitrogens with one attached hydrogen (secondary N) is 1. The second kappa shape index (κ2) is 9.09. The summed E-state index contributed by atoms with van der Waals surface area (Å²) >= 11 is 0. The highest BCUT2D eigenvalue weighted by atomic mass is 28.2. The van der Waals surface area contributed by atoms with E-state index in [9.17, 15) is 0 Å². The lowest BCUT2D eigenvalue weighted by atomic mass is 10.4. The Morgan fingerprint density at radius 1 is 1.07 bits per heavy atom. The molecule has 0 spiro atoms. The Kier molecular flexibility index (Phi) is 8.99. The number of hydrogen-bond acceptors (Lipinski definition) is 3. The molecule has 0 atom stereocenters. The summed E-state index contributed by atoms with van der Waals surface area (Å²) in [5.41, 5.74) is 2.06. The van der Waals surface area contributed by atoms with Crippen molar-refractivity contribution in [2.24, 2.45) is 0 Å². The minimum absolute atomic E-state index is 0.318. The Hall–Kier alpha value is -0.163. The van der Waals surface area contributed by atoms with Crippen LogP contribution < -0.4 is 4.98 Å². The molecule has 0 fully saturated rings. The zero-order valence-corrected chi connectivity index (χ0v) is 12.2. The Labute approximate surface area is 97.4 Å². The molecule has 0 aliphatic rings. The van der Waals surface area contributed by atoms with Crippen LogP contribution in [0.4, 0.5) is 0 Å². The second-order valence-corrected chi connectivity index (χ2v) is 4.91. The normalized spacial score (nSPS) is 12.5. The third-order valence-corrected chi connectivity index (χ3v) is 3.65. The average molecular weight is 229 g/mol. The first-order valence-corrected chi connectivity index (χ1v) is 7.59. The molecule has 1 N–H and O–H groups in total. The van der Waals surface area contributed by atoms with Crippen molar-refractivity contribution in [2.75, 3.05) is 26.2 Å². The van der Waals surface area contributed by atoms with Gasteiger partial charge in [-0.05, 0) is 26.2 Å². The van der Waals surface area contributed by atoms with Crippen LogP contribution in [0.3, 0.4) is 0 Å². The van der Waals surface area contributed by atoms with Crippen molar-refractivity contribution in [3.8, 4) is 0 Å². The minimum Gasteiger partial charge on any atom is -0.312 e. The summed E-state index contributed by atoms with van der Waals surface area (Å²) in [6, 6.07) is 0. The lowest BCUT2D eigenvalue weighted by molar-refractivity contribution is 0.0482. The highest BCUT2D eigenvalue weighted by molar-refractivity contribution is 6.38. The van der Waals surface area contributed by atoms with Gasteiger partial charge in [-0.15, -0.1) is 6.58 Å². The summed E-state index contributed by atoms with van der Waals surface area (Å²) in [5.74, 6) is 0. The highest BCUT2D eigenvalue weighted by Crippen LogP contribution is 2.02. The minimum atomic E-state index is -0.318. The van der Waals surface area contributed by atoms with Gasteiger partial charge >= 0.3 is 0 Å². The predicted molar refractivity (Wildman–Crippen MR) is 71.5 cm³/mol. The fraction of sp³-hybridized carbons (Fsp3) is 0.818. The van der Waals surface area contributed by atoms with Gasteiger partial charge in [-0.3, -0.25) is 9.80 Å².